The summed E-state index contributed by atoms with van der Waals surface area (Å²) in [6.45, 7) is 2.20. The van der Waals surface area contributed by atoms with Gasteiger partial charge in [0.25, 0.3) is 5.91 Å². The number of rotatable bonds is 4. The summed E-state index contributed by atoms with van der Waals surface area (Å²) < 4.78 is 14.0. The van der Waals surface area contributed by atoms with Gasteiger partial charge in [0.15, 0.2) is 0 Å². The molecule has 0 aliphatic heterocycles. The van der Waals surface area contributed by atoms with Crippen molar-refractivity contribution in [2.45, 2.75) is 13.5 Å². The predicted octanol–water partition coefficient (Wildman–Crippen LogP) is 0.744. The molecule has 0 spiro atoms. The van der Waals surface area contributed by atoms with Crippen LogP contribution in [-0.4, -0.2) is 23.1 Å². The third-order valence-corrected chi connectivity index (χ3v) is 3.25. The molecule has 2 rings (SSSR count). The van der Waals surface area contributed by atoms with Gasteiger partial charge in [-0.15, -0.1) is 0 Å². The first-order valence-electron chi connectivity index (χ1n) is 6.48. The minimum absolute atomic E-state index is 0.214. The van der Waals surface area contributed by atoms with Gasteiger partial charge in [0.1, 0.15) is 5.82 Å². The van der Waals surface area contributed by atoms with Gasteiger partial charge in [-0.1, -0.05) is 36.4 Å². The van der Waals surface area contributed by atoms with Crippen LogP contribution < -0.4 is 10.8 Å². The van der Waals surface area contributed by atoms with Crippen molar-refractivity contribution in [2.24, 2.45) is 0 Å². The molecule has 3 N–H and O–H groups in total. The van der Waals surface area contributed by atoms with Crippen LogP contribution in [0.25, 0.3) is 0 Å². The first-order chi connectivity index (χ1) is 10.0. The van der Waals surface area contributed by atoms with Crippen molar-refractivity contribution in [2.75, 3.05) is 0 Å². The molecular formula is C15H15BFNO3. The quantitative estimate of drug-likeness (QED) is 0.727. The van der Waals surface area contributed by atoms with Crippen molar-refractivity contribution in [3.8, 4) is 0 Å². The van der Waals surface area contributed by atoms with Crippen molar-refractivity contribution in [1.82, 2.24) is 5.32 Å². The Balaban J connectivity index is 2.15. The van der Waals surface area contributed by atoms with Crippen LogP contribution in [0.5, 0.6) is 0 Å². The summed E-state index contributed by atoms with van der Waals surface area (Å²) in [4.78, 5) is 12.0. The lowest BCUT2D eigenvalue weighted by Crippen LogP contribution is -2.35. The summed E-state index contributed by atoms with van der Waals surface area (Å²) in [5.41, 5.74) is 1.43. The molecule has 21 heavy (non-hydrogen) atoms. The van der Waals surface area contributed by atoms with Gasteiger partial charge in [-0.25, -0.2) is 4.39 Å². The Hall–Kier alpha value is -2.18. The molecule has 2 aromatic carbocycles. The van der Waals surface area contributed by atoms with Crippen LogP contribution in [0.1, 0.15) is 21.5 Å². The molecular weight excluding hydrogens is 272 g/mol. The van der Waals surface area contributed by atoms with Crippen molar-refractivity contribution in [3.05, 3.63) is 65.0 Å². The Morgan fingerprint density at radius 2 is 1.90 bits per heavy atom. The fraction of sp³-hybridized carbons (Fsp3) is 0.133. The van der Waals surface area contributed by atoms with Crippen LogP contribution in [0.15, 0.2) is 42.5 Å². The van der Waals surface area contributed by atoms with E-state index in [4.69, 9.17) is 10.0 Å². The van der Waals surface area contributed by atoms with E-state index in [-0.39, 0.29) is 17.6 Å². The van der Waals surface area contributed by atoms with Crippen LogP contribution in [0.3, 0.4) is 0 Å². The Labute approximate surface area is 122 Å². The number of aryl methyl sites for hydroxylation is 1. The third kappa shape index (κ3) is 3.48. The topological polar surface area (TPSA) is 69.6 Å². The molecule has 0 fully saturated rings. The smallest absolute Gasteiger partial charge is 0.423 e. The van der Waals surface area contributed by atoms with E-state index in [1.165, 1.54) is 18.2 Å². The van der Waals surface area contributed by atoms with Gasteiger partial charge >= 0.3 is 7.12 Å². The highest BCUT2D eigenvalue weighted by Gasteiger charge is 2.21. The Morgan fingerprint density at radius 1 is 1.19 bits per heavy atom. The van der Waals surface area contributed by atoms with E-state index in [1.807, 2.05) is 31.2 Å². The normalized spacial score (nSPS) is 10.3. The number of halogens is 1. The minimum atomic E-state index is -1.95. The van der Waals surface area contributed by atoms with Gasteiger partial charge in [-0.3, -0.25) is 4.79 Å². The summed E-state index contributed by atoms with van der Waals surface area (Å²) >= 11 is 0. The SMILES string of the molecule is Cc1ccccc1CNC(=O)c1cccc(B(O)O)c1F. The molecule has 0 aromatic heterocycles. The van der Waals surface area contributed by atoms with E-state index in [2.05, 4.69) is 5.32 Å². The molecule has 0 aliphatic carbocycles. The molecule has 2 aromatic rings. The summed E-state index contributed by atoms with van der Waals surface area (Å²) in [7, 11) is -1.95. The summed E-state index contributed by atoms with van der Waals surface area (Å²) in [5, 5.41) is 20.7. The summed E-state index contributed by atoms with van der Waals surface area (Å²) in [6, 6.07) is 11.5. The molecule has 4 nitrogen and oxygen atoms in total. The average Bonchev–Trinajstić information content (AvgIpc) is 2.46. The van der Waals surface area contributed by atoms with Crippen LogP contribution >= 0.6 is 0 Å². The number of hydrogen-bond acceptors (Lipinski definition) is 3. The second-order valence-corrected chi connectivity index (χ2v) is 4.69. The van der Waals surface area contributed by atoms with E-state index in [9.17, 15) is 9.18 Å². The molecule has 0 bridgehead atoms. The highest BCUT2D eigenvalue weighted by atomic mass is 19.1. The molecule has 0 atom stereocenters. The van der Waals surface area contributed by atoms with Gasteiger partial charge < -0.3 is 15.4 Å². The lowest BCUT2D eigenvalue weighted by atomic mass is 9.79. The van der Waals surface area contributed by atoms with Crippen LogP contribution in [0.4, 0.5) is 4.39 Å². The zero-order chi connectivity index (χ0) is 15.4. The summed E-state index contributed by atoms with van der Waals surface area (Å²) in [6.07, 6.45) is 0. The average molecular weight is 287 g/mol. The van der Waals surface area contributed by atoms with Gasteiger partial charge in [-0.05, 0) is 24.1 Å². The fourth-order valence-electron chi connectivity index (χ4n) is 2.00. The Morgan fingerprint density at radius 3 is 2.57 bits per heavy atom. The monoisotopic (exact) mass is 287 g/mol. The Kier molecular flexibility index (Phi) is 4.72. The summed E-state index contributed by atoms with van der Waals surface area (Å²) in [5.74, 6) is -1.52. The third-order valence-electron chi connectivity index (χ3n) is 3.25. The Bertz CT molecular complexity index is 661. The fourth-order valence-corrected chi connectivity index (χ4v) is 2.00. The van der Waals surface area contributed by atoms with Gasteiger partial charge in [0.05, 0.1) is 5.56 Å². The zero-order valence-electron chi connectivity index (χ0n) is 11.5. The van der Waals surface area contributed by atoms with Crippen LogP contribution in [0.2, 0.25) is 0 Å². The van der Waals surface area contributed by atoms with Crippen molar-refractivity contribution in [3.63, 3.8) is 0 Å². The number of carbonyl (C=O) groups is 1. The van der Waals surface area contributed by atoms with Gasteiger partial charge in [-0.2, -0.15) is 0 Å². The number of nitrogens with one attached hydrogen (secondary N) is 1. The van der Waals surface area contributed by atoms with E-state index in [1.54, 1.807) is 0 Å². The standard InChI is InChI=1S/C15H15BFNO3/c1-10-5-2-3-6-11(10)9-18-15(19)12-7-4-8-13(14(12)17)16(20)21/h2-8,20-21H,9H2,1H3,(H,18,19). The van der Waals surface area contributed by atoms with E-state index in [0.717, 1.165) is 11.1 Å². The van der Waals surface area contributed by atoms with Crippen molar-refractivity contribution in [1.29, 1.82) is 0 Å². The maximum Gasteiger partial charge on any atom is 0.491 e. The maximum absolute atomic E-state index is 14.0. The molecule has 0 aliphatic rings. The number of carbonyl (C=O) groups excluding carboxylic acids is 1. The number of benzene rings is 2. The lowest BCUT2D eigenvalue weighted by Gasteiger charge is -2.10. The molecule has 1 amide bonds. The van der Waals surface area contributed by atoms with E-state index in [0.29, 0.717) is 0 Å². The van der Waals surface area contributed by atoms with E-state index >= 15 is 0 Å². The molecule has 6 heteroatoms. The lowest BCUT2D eigenvalue weighted by molar-refractivity contribution is 0.0947. The van der Waals surface area contributed by atoms with Crippen molar-refractivity contribution < 1.29 is 19.2 Å². The molecule has 0 heterocycles. The van der Waals surface area contributed by atoms with Gasteiger partial charge in [0.2, 0.25) is 0 Å². The molecule has 0 saturated heterocycles. The van der Waals surface area contributed by atoms with Crippen molar-refractivity contribution >= 4 is 18.5 Å². The van der Waals surface area contributed by atoms with Crippen LogP contribution in [0, 0.1) is 12.7 Å². The number of amides is 1. The largest absolute Gasteiger partial charge is 0.491 e. The molecule has 0 unspecified atom stereocenters. The second-order valence-electron chi connectivity index (χ2n) is 4.69. The van der Waals surface area contributed by atoms with Crippen LogP contribution in [-0.2, 0) is 6.54 Å². The zero-order valence-corrected chi connectivity index (χ0v) is 11.5. The highest BCUT2D eigenvalue weighted by Crippen LogP contribution is 2.08. The minimum Gasteiger partial charge on any atom is -0.423 e. The first-order valence-corrected chi connectivity index (χ1v) is 6.48. The van der Waals surface area contributed by atoms with E-state index < -0.39 is 18.8 Å². The second kappa shape index (κ2) is 6.52. The molecule has 0 radical (unpaired) electrons. The highest BCUT2D eigenvalue weighted by molar-refractivity contribution is 6.58. The predicted molar refractivity (Wildman–Crippen MR) is 78.6 cm³/mol. The molecule has 108 valence electrons. The first kappa shape index (κ1) is 15.2. The molecule has 0 saturated carbocycles. The maximum atomic E-state index is 14.0. The van der Waals surface area contributed by atoms with Gasteiger partial charge in [0, 0.05) is 12.0 Å². The number of hydrogen-bond donors (Lipinski definition) is 3.